The van der Waals surface area contributed by atoms with Gasteiger partial charge in [0.05, 0.1) is 6.42 Å². The lowest BCUT2D eigenvalue weighted by Gasteiger charge is -2.05. The van der Waals surface area contributed by atoms with Gasteiger partial charge in [-0.25, -0.2) is 29.9 Å². The lowest BCUT2D eigenvalue weighted by atomic mass is 10.3. The lowest BCUT2D eigenvalue weighted by molar-refractivity contribution is 0.753. The minimum atomic E-state index is 0.521. The van der Waals surface area contributed by atoms with E-state index in [9.17, 15) is 0 Å². The maximum Gasteiger partial charge on any atom is 0.140 e. The Kier molecular flexibility index (Phi) is 4.09. The Hall–Kier alpha value is -1.98. The summed E-state index contributed by atoms with van der Waals surface area (Å²) in [5.41, 5.74) is 0. The molecule has 19 heavy (non-hydrogen) atoms. The molecule has 0 N–H and O–H groups in total. The minimum absolute atomic E-state index is 0.521. The molecule has 0 aliphatic carbocycles. The number of nitrogens with zero attached hydrogens (tertiary/aromatic N) is 6. The van der Waals surface area contributed by atoms with Gasteiger partial charge in [0.15, 0.2) is 0 Å². The number of aryl methyl sites for hydroxylation is 4. The van der Waals surface area contributed by atoms with Crippen molar-refractivity contribution in [3.8, 4) is 0 Å². The second-order valence-electron chi connectivity index (χ2n) is 4.31. The van der Waals surface area contributed by atoms with E-state index in [4.69, 9.17) is 0 Å². The maximum absolute atomic E-state index is 4.43. The highest BCUT2D eigenvalue weighted by atomic mass is 15.1. The van der Waals surface area contributed by atoms with Gasteiger partial charge in [0, 0.05) is 12.8 Å². The third kappa shape index (κ3) is 3.49. The maximum atomic E-state index is 4.43. The van der Waals surface area contributed by atoms with Gasteiger partial charge in [-0.2, -0.15) is 0 Å². The van der Waals surface area contributed by atoms with Gasteiger partial charge < -0.3 is 0 Å². The van der Waals surface area contributed by atoms with E-state index in [1.807, 2.05) is 27.7 Å². The van der Waals surface area contributed by atoms with E-state index in [0.717, 1.165) is 42.0 Å². The molecule has 2 rings (SSSR count). The molecule has 0 atom stereocenters. The fourth-order valence-electron chi connectivity index (χ4n) is 1.82. The highest BCUT2D eigenvalue weighted by Gasteiger charge is 2.08. The normalized spacial score (nSPS) is 10.7. The van der Waals surface area contributed by atoms with Crippen molar-refractivity contribution < 1.29 is 0 Å². The standard InChI is InChI=1S/C13H18N6/c1-5-10-17-11(6-2)19-13(18-10)7-12-15-8(3)14-9(4)16-12/h5-7H2,1-4H3. The molecule has 0 aliphatic rings. The molecule has 0 aromatic carbocycles. The lowest BCUT2D eigenvalue weighted by Crippen LogP contribution is -2.10. The summed E-state index contributed by atoms with van der Waals surface area (Å²) in [6.07, 6.45) is 2.13. The Morgan fingerprint density at radius 3 is 1.47 bits per heavy atom. The molecule has 0 saturated heterocycles. The van der Waals surface area contributed by atoms with Crippen LogP contribution in [0.5, 0.6) is 0 Å². The average molecular weight is 258 g/mol. The Bertz CT molecular complexity index is 539. The number of hydrogen-bond acceptors (Lipinski definition) is 6. The molecule has 0 saturated carbocycles. The fourth-order valence-corrected chi connectivity index (χ4v) is 1.82. The van der Waals surface area contributed by atoms with Gasteiger partial charge in [0.2, 0.25) is 0 Å². The quantitative estimate of drug-likeness (QED) is 0.824. The van der Waals surface area contributed by atoms with Crippen LogP contribution >= 0.6 is 0 Å². The minimum Gasteiger partial charge on any atom is -0.219 e. The average Bonchev–Trinajstić information content (AvgIpc) is 2.37. The molecule has 6 heteroatoms. The van der Waals surface area contributed by atoms with Crippen molar-refractivity contribution in [3.63, 3.8) is 0 Å². The topological polar surface area (TPSA) is 77.3 Å². The van der Waals surface area contributed by atoms with Crippen LogP contribution in [0.3, 0.4) is 0 Å². The third-order valence-electron chi connectivity index (χ3n) is 2.63. The van der Waals surface area contributed by atoms with Crippen LogP contribution in [0.25, 0.3) is 0 Å². The van der Waals surface area contributed by atoms with E-state index in [2.05, 4.69) is 29.9 Å². The van der Waals surface area contributed by atoms with Crippen molar-refractivity contribution in [3.05, 3.63) is 34.9 Å². The zero-order chi connectivity index (χ0) is 13.8. The molecule has 0 spiro atoms. The highest BCUT2D eigenvalue weighted by molar-refractivity contribution is 5.05. The van der Waals surface area contributed by atoms with Crippen LogP contribution in [-0.2, 0) is 19.3 Å². The first-order chi connectivity index (χ1) is 9.10. The van der Waals surface area contributed by atoms with Gasteiger partial charge in [-0.1, -0.05) is 13.8 Å². The summed E-state index contributed by atoms with van der Waals surface area (Å²) in [4.78, 5) is 26.0. The van der Waals surface area contributed by atoms with Crippen molar-refractivity contribution in [2.45, 2.75) is 47.0 Å². The second kappa shape index (κ2) is 5.77. The molecular weight excluding hydrogens is 240 g/mol. The van der Waals surface area contributed by atoms with Crippen molar-refractivity contribution in [2.75, 3.05) is 0 Å². The van der Waals surface area contributed by atoms with E-state index in [1.54, 1.807) is 0 Å². The summed E-state index contributed by atoms with van der Waals surface area (Å²) < 4.78 is 0. The van der Waals surface area contributed by atoms with E-state index in [-0.39, 0.29) is 0 Å². The predicted molar refractivity (Wildman–Crippen MR) is 70.7 cm³/mol. The Balaban J connectivity index is 2.31. The third-order valence-corrected chi connectivity index (χ3v) is 2.63. The molecule has 2 aromatic heterocycles. The van der Waals surface area contributed by atoms with Crippen molar-refractivity contribution in [1.29, 1.82) is 0 Å². The molecule has 0 radical (unpaired) electrons. The fraction of sp³-hybridized carbons (Fsp3) is 0.538. The van der Waals surface area contributed by atoms with Gasteiger partial charge in [-0.05, 0) is 13.8 Å². The number of rotatable bonds is 4. The van der Waals surface area contributed by atoms with Crippen molar-refractivity contribution in [2.24, 2.45) is 0 Å². The largest absolute Gasteiger partial charge is 0.219 e. The summed E-state index contributed by atoms with van der Waals surface area (Å²) in [6.45, 7) is 7.80. The SMILES string of the molecule is CCc1nc(CC)nc(Cc2nc(C)nc(C)n2)n1. The van der Waals surface area contributed by atoms with Crippen LogP contribution in [0, 0.1) is 13.8 Å². The van der Waals surface area contributed by atoms with Gasteiger partial charge in [0.25, 0.3) is 0 Å². The zero-order valence-corrected chi connectivity index (χ0v) is 11.8. The monoisotopic (exact) mass is 258 g/mol. The van der Waals surface area contributed by atoms with Gasteiger partial charge in [-0.3, -0.25) is 0 Å². The molecule has 0 aliphatic heterocycles. The number of hydrogen-bond donors (Lipinski definition) is 0. The van der Waals surface area contributed by atoms with E-state index >= 15 is 0 Å². The smallest absolute Gasteiger partial charge is 0.140 e. The zero-order valence-electron chi connectivity index (χ0n) is 11.8. The van der Waals surface area contributed by atoms with Gasteiger partial charge >= 0.3 is 0 Å². The van der Waals surface area contributed by atoms with Crippen molar-refractivity contribution in [1.82, 2.24) is 29.9 Å². The van der Waals surface area contributed by atoms with Gasteiger partial charge in [-0.15, -0.1) is 0 Å². The number of aromatic nitrogens is 6. The molecule has 0 amide bonds. The first kappa shape index (κ1) is 13.5. The first-order valence-electron chi connectivity index (χ1n) is 6.51. The van der Waals surface area contributed by atoms with Crippen LogP contribution in [0.2, 0.25) is 0 Å². The Morgan fingerprint density at radius 2 is 1.00 bits per heavy atom. The predicted octanol–water partition coefficient (Wildman–Crippen LogP) is 1.39. The summed E-state index contributed by atoms with van der Waals surface area (Å²) in [5.74, 6) is 4.54. The molecular formula is C13H18N6. The van der Waals surface area contributed by atoms with Crippen LogP contribution in [0.1, 0.15) is 48.8 Å². The summed E-state index contributed by atoms with van der Waals surface area (Å²) in [6, 6.07) is 0. The molecule has 0 bridgehead atoms. The van der Waals surface area contributed by atoms with Crippen LogP contribution in [-0.4, -0.2) is 29.9 Å². The van der Waals surface area contributed by atoms with E-state index in [1.165, 1.54) is 0 Å². The van der Waals surface area contributed by atoms with E-state index < -0.39 is 0 Å². The molecule has 2 heterocycles. The van der Waals surface area contributed by atoms with E-state index in [0.29, 0.717) is 12.2 Å². The van der Waals surface area contributed by atoms with Gasteiger partial charge in [0.1, 0.15) is 34.9 Å². The Morgan fingerprint density at radius 1 is 0.579 bits per heavy atom. The van der Waals surface area contributed by atoms with Crippen molar-refractivity contribution >= 4 is 0 Å². The van der Waals surface area contributed by atoms with Crippen LogP contribution in [0.4, 0.5) is 0 Å². The summed E-state index contributed by atoms with van der Waals surface area (Å²) in [7, 11) is 0. The van der Waals surface area contributed by atoms with Crippen LogP contribution in [0.15, 0.2) is 0 Å². The molecule has 100 valence electrons. The molecule has 0 fully saturated rings. The van der Waals surface area contributed by atoms with Crippen LogP contribution < -0.4 is 0 Å². The second-order valence-corrected chi connectivity index (χ2v) is 4.31. The molecule has 0 unspecified atom stereocenters. The molecule has 6 nitrogen and oxygen atoms in total. The Labute approximate surface area is 112 Å². The summed E-state index contributed by atoms with van der Waals surface area (Å²) in [5, 5.41) is 0. The molecule has 2 aromatic rings. The summed E-state index contributed by atoms with van der Waals surface area (Å²) >= 11 is 0. The highest BCUT2D eigenvalue weighted by Crippen LogP contribution is 2.04. The first-order valence-corrected chi connectivity index (χ1v) is 6.51.